The lowest BCUT2D eigenvalue weighted by Crippen LogP contribution is -2.23. The summed E-state index contributed by atoms with van der Waals surface area (Å²) >= 11 is 1.75. The molecule has 2 aromatic heterocycles. The highest BCUT2D eigenvalue weighted by Crippen LogP contribution is 2.33. The number of aromatic nitrogens is 2. The van der Waals surface area contributed by atoms with Crippen LogP contribution in [0, 0.1) is 0 Å². The second kappa shape index (κ2) is 4.80. The van der Waals surface area contributed by atoms with Crippen LogP contribution in [0.2, 0.25) is 0 Å². The van der Waals surface area contributed by atoms with Gasteiger partial charge in [-0.15, -0.1) is 0 Å². The Morgan fingerprint density at radius 3 is 2.90 bits per heavy atom. The van der Waals surface area contributed by atoms with Crippen molar-refractivity contribution in [3.63, 3.8) is 0 Å². The highest BCUT2D eigenvalue weighted by molar-refractivity contribution is 7.07. The molecule has 4 heteroatoms. The fourth-order valence-corrected chi connectivity index (χ4v) is 3.45. The van der Waals surface area contributed by atoms with E-state index in [1.807, 2.05) is 6.07 Å². The minimum absolute atomic E-state index is 0.356. The van der Waals surface area contributed by atoms with Crippen LogP contribution >= 0.6 is 11.3 Å². The zero-order valence-electron chi connectivity index (χ0n) is 11.0. The standard InChI is InChI=1S/C16H15N3S/c1-2-4-12(5-3-1)14-10-16-17-8-6-15(19(16)18-14)13-7-9-20-11-13/h1-5,7,9-11,15,17H,6,8H2. The first-order valence-electron chi connectivity index (χ1n) is 6.83. The third-order valence-electron chi connectivity index (χ3n) is 3.75. The molecule has 0 saturated carbocycles. The molecule has 100 valence electrons. The fraction of sp³-hybridized carbons (Fsp3) is 0.188. The number of hydrogen-bond acceptors (Lipinski definition) is 3. The van der Waals surface area contributed by atoms with Gasteiger partial charge in [0.05, 0.1) is 11.7 Å². The molecule has 1 atom stereocenters. The summed E-state index contributed by atoms with van der Waals surface area (Å²) in [7, 11) is 0. The summed E-state index contributed by atoms with van der Waals surface area (Å²) in [6.45, 7) is 1.00. The minimum Gasteiger partial charge on any atom is -0.370 e. The number of nitrogens with one attached hydrogen (secondary N) is 1. The molecule has 1 aromatic carbocycles. The number of nitrogens with zero attached hydrogens (tertiary/aromatic N) is 2. The Bertz CT molecular complexity index is 701. The Balaban J connectivity index is 1.78. The molecule has 0 spiro atoms. The number of hydrogen-bond donors (Lipinski definition) is 1. The van der Waals surface area contributed by atoms with Gasteiger partial charge in [-0.2, -0.15) is 16.4 Å². The van der Waals surface area contributed by atoms with Gasteiger partial charge in [-0.25, -0.2) is 4.68 Å². The van der Waals surface area contributed by atoms with Crippen LogP contribution in [0.5, 0.6) is 0 Å². The maximum absolute atomic E-state index is 4.82. The predicted octanol–water partition coefficient (Wildman–Crippen LogP) is 4.02. The van der Waals surface area contributed by atoms with E-state index in [1.165, 1.54) is 11.1 Å². The molecule has 0 radical (unpaired) electrons. The van der Waals surface area contributed by atoms with Gasteiger partial charge in [-0.1, -0.05) is 30.3 Å². The van der Waals surface area contributed by atoms with E-state index in [-0.39, 0.29) is 0 Å². The van der Waals surface area contributed by atoms with Crippen LogP contribution in [0.25, 0.3) is 11.3 Å². The zero-order chi connectivity index (χ0) is 13.4. The summed E-state index contributed by atoms with van der Waals surface area (Å²) in [6.07, 6.45) is 1.08. The first-order valence-corrected chi connectivity index (χ1v) is 7.77. The highest BCUT2D eigenvalue weighted by Gasteiger charge is 2.23. The van der Waals surface area contributed by atoms with Gasteiger partial charge in [-0.05, 0) is 28.8 Å². The molecule has 0 saturated heterocycles. The number of fused-ring (bicyclic) bond motifs is 1. The molecular weight excluding hydrogens is 266 g/mol. The Kier molecular flexibility index (Phi) is 2.81. The number of anilines is 1. The molecule has 0 bridgehead atoms. The van der Waals surface area contributed by atoms with E-state index < -0.39 is 0 Å². The van der Waals surface area contributed by atoms with E-state index in [9.17, 15) is 0 Å². The van der Waals surface area contributed by atoms with Crippen molar-refractivity contribution in [2.24, 2.45) is 0 Å². The van der Waals surface area contributed by atoms with Gasteiger partial charge in [0.1, 0.15) is 5.82 Å². The number of thiophene rings is 1. The van der Waals surface area contributed by atoms with Gasteiger partial charge < -0.3 is 5.32 Å². The van der Waals surface area contributed by atoms with Crippen LogP contribution < -0.4 is 5.32 Å². The Morgan fingerprint density at radius 2 is 2.10 bits per heavy atom. The summed E-state index contributed by atoms with van der Waals surface area (Å²) in [4.78, 5) is 0. The smallest absolute Gasteiger partial charge is 0.125 e. The minimum atomic E-state index is 0.356. The van der Waals surface area contributed by atoms with Crippen molar-refractivity contribution in [3.05, 3.63) is 58.8 Å². The largest absolute Gasteiger partial charge is 0.370 e. The van der Waals surface area contributed by atoms with E-state index >= 15 is 0 Å². The molecule has 1 aliphatic rings. The average Bonchev–Trinajstić information content (AvgIpc) is 3.17. The lowest BCUT2D eigenvalue weighted by Gasteiger charge is -2.25. The summed E-state index contributed by atoms with van der Waals surface area (Å²) in [5.41, 5.74) is 3.57. The Morgan fingerprint density at radius 1 is 1.20 bits per heavy atom. The summed E-state index contributed by atoms with van der Waals surface area (Å²) < 4.78 is 2.13. The van der Waals surface area contributed by atoms with E-state index in [2.05, 4.69) is 57.2 Å². The van der Waals surface area contributed by atoms with Gasteiger partial charge >= 0.3 is 0 Å². The van der Waals surface area contributed by atoms with Crippen LogP contribution in [0.3, 0.4) is 0 Å². The van der Waals surface area contributed by atoms with Crippen molar-refractivity contribution >= 4 is 17.2 Å². The summed E-state index contributed by atoms with van der Waals surface area (Å²) in [5.74, 6) is 1.12. The lowest BCUT2D eigenvalue weighted by atomic mass is 10.1. The molecule has 0 amide bonds. The van der Waals surface area contributed by atoms with Gasteiger partial charge in [0.15, 0.2) is 0 Å². The van der Waals surface area contributed by atoms with Crippen molar-refractivity contribution in [2.75, 3.05) is 11.9 Å². The van der Waals surface area contributed by atoms with Crippen molar-refractivity contribution in [1.29, 1.82) is 0 Å². The quantitative estimate of drug-likeness (QED) is 0.769. The second-order valence-electron chi connectivity index (χ2n) is 5.01. The highest BCUT2D eigenvalue weighted by atomic mass is 32.1. The molecular formula is C16H15N3S. The van der Waals surface area contributed by atoms with E-state index in [4.69, 9.17) is 5.10 Å². The van der Waals surface area contributed by atoms with Gasteiger partial charge in [0.25, 0.3) is 0 Å². The first kappa shape index (κ1) is 11.7. The van der Waals surface area contributed by atoms with Crippen molar-refractivity contribution in [3.8, 4) is 11.3 Å². The summed E-state index contributed by atoms with van der Waals surface area (Å²) in [5, 5.41) is 12.6. The van der Waals surface area contributed by atoms with E-state index in [0.29, 0.717) is 6.04 Å². The second-order valence-corrected chi connectivity index (χ2v) is 5.79. The zero-order valence-corrected chi connectivity index (χ0v) is 11.8. The molecule has 4 rings (SSSR count). The number of benzene rings is 1. The van der Waals surface area contributed by atoms with Crippen molar-refractivity contribution in [2.45, 2.75) is 12.5 Å². The molecule has 3 nitrogen and oxygen atoms in total. The van der Waals surface area contributed by atoms with E-state index in [0.717, 1.165) is 24.5 Å². The monoisotopic (exact) mass is 281 g/mol. The molecule has 3 aromatic rings. The fourth-order valence-electron chi connectivity index (χ4n) is 2.75. The first-order chi connectivity index (χ1) is 9.92. The number of rotatable bonds is 2. The van der Waals surface area contributed by atoms with Crippen LogP contribution in [-0.2, 0) is 0 Å². The molecule has 0 aliphatic carbocycles. The maximum Gasteiger partial charge on any atom is 0.125 e. The molecule has 1 N–H and O–H groups in total. The van der Waals surface area contributed by atoms with Gasteiger partial charge in [0, 0.05) is 18.2 Å². The van der Waals surface area contributed by atoms with E-state index in [1.54, 1.807) is 11.3 Å². The van der Waals surface area contributed by atoms with Crippen LogP contribution in [0.15, 0.2) is 53.2 Å². The van der Waals surface area contributed by atoms with Crippen molar-refractivity contribution < 1.29 is 0 Å². The van der Waals surface area contributed by atoms with Gasteiger partial charge in [0.2, 0.25) is 0 Å². The van der Waals surface area contributed by atoms with Crippen LogP contribution in [0.1, 0.15) is 18.0 Å². The van der Waals surface area contributed by atoms with Crippen LogP contribution in [0.4, 0.5) is 5.82 Å². The molecule has 1 aliphatic heterocycles. The Hall–Kier alpha value is -2.07. The molecule has 20 heavy (non-hydrogen) atoms. The molecule has 1 unspecified atom stereocenters. The Labute approximate surface area is 121 Å². The third-order valence-corrected chi connectivity index (χ3v) is 4.45. The normalized spacial score (nSPS) is 17.5. The topological polar surface area (TPSA) is 29.9 Å². The predicted molar refractivity (Wildman–Crippen MR) is 83.2 cm³/mol. The lowest BCUT2D eigenvalue weighted by molar-refractivity contribution is 0.484. The SMILES string of the molecule is c1ccc(-c2cc3n(n2)C(c2ccsc2)CCN3)cc1. The molecule has 3 heterocycles. The summed E-state index contributed by atoms with van der Waals surface area (Å²) in [6, 6.07) is 15.1. The van der Waals surface area contributed by atoms with Gasteiger partial charge in [-0.3, -0.25) is 0 Å². The van der Waals surface area contributed by atoms with Crippen LogP contribution in [-0.4, -0.2) is 16.3 Å². The molecule has 0 fully saturated rings. The van der Waals surface area contributed by atoms with Crippen molar-refractivity contribution in [1.82, 2.24) is 9.78 Å². The maximum atomic E-state index is 4.82. The average molecular weight is 281 g/mol. The third kappa shape index (κ3) is 1.93.